The van der Waals surface area contributed by atoms with Gasteiger partial charge in [-0.05, 0) is 43.7 Å². The molecular formula is C16H17NO2. The first-order chi connectivity index (χ1) is 9.00. The zero-order valence-electron chi connectivity index (χ0n) is 11.1. The number of rotatable bonds is 3. The molecule has 0 saturated carbocycles. The van der Waals surface area contributed by atoms with Crippen molar-refractivity contribution in [1.82, 2.24) is 0 Å². The van der Waals surface area contributed by atoms with Gasteiger partial charge in [0.05, 0.1) is 5.41 Å². The van der Waals surface area contributed by atoms with Crippen molar-refractivity contribution in [2.45, 2.75) is 19.3 Å². The van der Waals surface area contributed by atoms with E-state index in [4.69, 9.17) is 0 Å². The molecule has 3 nitrogen and oxygen atoms in total. The predicted octanol–water partition coefficient (Wildman–Crippen LogP) is 3.31. The van der Waals surface area contributed by atoms with Gasteiger partial charge in [-0.15, -0.1) is 0 Å². The van der Waals surface area contributed by atoms with Crippen molar-refractivity contribution in [1.29, 1.82) is 0 Å². The van der Waals surface area contributed by atoms with Crippen LogP contribution in [0, 0.1) is 0 Å². The van der Waals surface area contributed by atoms with Crippen LogP contribution in [0.15, 0.2) is 54.6 Å². The molecule has 0 aliphatic heterocycles. The van der Waals surface area contributed by atoms with Gasteiger partial charge < -0.3 is 10.4 Å². The number of hydrogen-bond acceptors (Lipinski definition) is 2. The van der Waals surface area contributed by atoms with Crippen molar-refractivity contribution < 1.29 is 9.90 Å². The summed E-state index contributed by atoms with van der Waals surface area (Å²) in [5, 5.41) is 12.1. The molecule has 2 N–H and O–H groups in total. The van der Waals surface area contributed by atoms with E-state index in [1.54, 1.807) is 24.3 Å². The van der Waals surface area contributed by atoms with Crippen molar-refractivity contribution in [3.63, 3.8) is 0 Å². The summed E-state index contributed by atoms with van der Waals surface area (Å²) in [4.78, 5) is 12.3. The molecule has 3 heteroatoms. The van der Waals surface area contributed by atoms with Gasteiger partial charge in [0.15, 0.2) is 0 Å². The largest absolute Gasteiger partial charge is 0.508 e. The van der Waals surface area contributed by atoms with Crippen LogP contribution in [-0.4, -0.2) is 11.0 Å². The van der Waals surface area contributed by atoms with E-state index in [0.29, 0.717) is 5.69 Å². The summed E-state index contributed by atoms with van der Waals surface area (Å²) in [7, 11) is 0. The molecule has 0 aromatic heterocycles. The van der Waals surface area contributed by atoms with Crippen molar-refractivity contribution in [2.24, 2.45) is 0 Å². The summed E-state index contributed by atoms with van der Waals surface area (Å²) in [6.45, 7) is 3.77. The molecule has 0 spiro atoms. The average Bonchev–Trinajstić information content (AvgIpc) is 2.42. The normalized spacial score (nSPS) is 11.1. The second kappa shape index (κ2) is 5.14. The molecule has 0 heterocycles. The number of hydrogen-bond donors (Lipinski definition) is 2. The van der Waals surface area contributed by atoms with Gasteiger partial charge in [0.2, 0.25) is 5.91 Å². The number of carbonyl (C=O) groups excluding carboxylic acids is 1. The van der Waals surface area contributed by atoms with E-state index in [0.717, 1.165) is 5.56 Å². The van der Waals surface area contributed by atoms with Gasteiger partial charge in [0.25, 0.3) is 0 Å². The Kier molecular flexibility index (Phi) is 3.56. The van der Waals surface area contributed by atoms with Crippen molar-refractivity contribution in [3.05, 3.63) is 60.2 Å². The van der Waals surface area contributed by atoms with Crippen LogP contribution in [0.2, 0.25) is 0 Å². The van der Waals surface area contributed by atoms with Gasteiger partial charge in [0, 0.05) is 5.69 Å². The fourth-order valence-corrected chi connectivity index (χ4v) is 1.82. The minimum absolute atomic E-state index is 0.0793. The summed E-state index contributed by atoms with van der Waals surface area (Å²) >= 11 is 0. The van der Waals surface area contributed by atoms with Crippen LogP contribution >= 0.6 is 0 Å². The first-order valence-corrected chi connectivity index (χ1v) is 6.16. The number of phenols is 1. The molecule has 0 radical (unpaired) electrons. The lowest BCUT2D eigenvalue weighted by molar-refractivity contribution is -0.120. The van der Waals surface area contributed by atoms with E-state index in [9.17, 15) is 9.90 Å². The van der Waals surface area contributed by atoms with Crippen LogP contribution in [0.25, 0.3) is 0 Å². The lowest BCUT2D eigenvalue weighted by Gasteiger charge is -2.24. The predicted molar refractivity (Wildman–Crippen MR) is 76.2 cm³/mol. The molecule has 0 aliphatic rings. The zero-order chi connectivity index (χ0) is 13.9. The van der Waals surface area contributed by atoms with Gasteiger partial charge in [-0.2, -0.15) is 0 Å². The molecule has 19 heavy (non-hydrogen) atoms. The second-order valence-electron chi connectivity index (χ2n) is 4.99. The Morgan fingerprint density at radius 3 is 2.16 bits per heavy atom. The van der Waals surface area contributed by atoms with Crippen molar-refractivity contribution in [3.8, 4) is 5.75 Å². The third kappa shape index (κ3) is 2.94. The highest BCUT2D eigenvalue weighted by Crippen LogP contribution is 2.25. The molecule has 0 unspecified atom stereocenters. The SMILES string of the molecule is CC(C)(C(=O)Nc1ccc(O)cc1)c1ccccc1. The average molecular weight is 255 g/mol. The van der Waals surface area contributed by atoms with E-state index in [2.05, 4.69) is 5.32 Å². The fourth-order valence-electron chi connectivity index (χ4n) is 1.82. The molecule has 98 valence electrons. The summed E-state index contributed by atoms with van der Waals surface area (Å²) in [5.74, 6) is 0.102. The molecule has 0 aliphatic carbocycles. The highest BCUT2D eigenvalue weighted by molar-refractivity contribution is 5.98. The Hall–Kier alpha value is -2.29. The maximum Gasteiger partial charge on any atom is 0.234 e. The molecule has 0 atom stereocenters. The number of nitrogens with one attached hydrogen (secondary N) is 1. The van der Waals surface area contributed by atoms with E-state index in [-0.39, 0.29) is 11.7 Å². The molecular weight excluding hydrogens is 238 g/mol. The molecule has 0 bridgehead atoms. The number of phenolic OH excluding ortho intramolecular Hbond substituents is 1. The van der Waals surface area contributed by atoms with E-state index >= 15 is 0 Å². The lowest BCUT2D eigenvalue weighted by Crippen LogP contribution is -2.34. The maximum atomic E-state index is 12.3. The summed E-state index contributed by atoms with van der Waals surface area (Å²) < 4.78 is 0. The molecule has 0 fully saturated rings. The van der Waals surface area contributed by atoms with Crippen LogP contribution in [0.4, 0.5) is 5.69 Å². The molecule has 0 saturated heterocycles. The number of aromatic hydroxyl groups is 1. The Balaban J connectivity index is 2.17. The Labute approximate surface area is 112 Å². The minimum atomic E-state index is -0.612. The first-order valence-electron chi connectivity index (χ1n) is 6.16. The van der Waals surface area contributed by atoms with Gasteiger partial charge in [-0.25, -0.2) is 0 Å². The quantitative estimate of drug-likeness (QED) is 0.827. The van der Waals surface area contributed by atoms with Crippen LogP contribution in [0.3, 0.4) is 0 Å². The van der Waals surface area contributed by atoms with E-state index in [1.807, 2.05) is 44.2 Å². The summed E-state index contributed by atoms with van der Waals surface area (Å²) in [6.07, 6.45) is 0. The molecule has 2 rings (SSSR count). The smallest absolute Gasteiger partial charge is 0.234 e. The van der Waals surface area contributed by atoms with Gasteiger partial charge >= 0.3 is 0 Å². The van der Waals surface area contributed by atoms with E-state index < -0.39 is 5.41 Å². The Bertz CT molecular complexity index is 559. The number of benzene rings is 2. The zero-order valence-corrected chi connectivity index (χ0v) is 11.1. The van der Waals surface area contributed by atoms with Gasteiger partial charge in [-0.3, -0.25) is 4.79 Å². The van der Waals surface area contributed by atoms with Crippen LogP contribution < -0.4 is 5.32 Å². The number of amides is 1. The molecule has 1 amide bonds. The molecule has 2 aromatic rings. The third-order valence-corrected chi connectivity index (χ3v) is 3.19. The van der Waals surface area contributed by atoms with Crippen LogP contribution in [0.1, 0.15) is 19.4 Å². The van der Waals surface area contributed by atoms with Crippen molar-refractivity contribution in [2.75, 3.05) is 5.32 Å². The van der Waals surface area contributed by atoms with Gasteiger partial charge in [0.1, 0.15) is 5.75 Å². The Morgan fingerprint density at radius 1 is 1.00 bits per heavy atom. The first kappa shape index (κ1) is 13.1. The highest BCUT2D eigenvalue weighted by atomic mass is 16.3. The van der Waals surface area contributed by atoms with Crippen LogP contribution in [0.5, 0.6) is 5.75 Å². The Morgan fingerprint density at radius 2 is 1.58 bits per heavy atom. The third-order valence-electron chi connectivity index (χ3n) is 3.19. The second-order valence-corrected chi connectivity index (χ2v) is 4.99. The monoisotopic (exact) mass is 255 g/mol. The van der Waals surface area contributed by atoms with Crippen LogP contribution in [-0.2, 0) is 10.2 Å². The summed E-state index contributed by atoms with van der Waals surface area (Å²) in [6, 6.07) is 16.1. The summed E-state index contributed by atoms with van der Waals surface area (Å²) in [5.41, 5.74) is 1.03. The van der Waals surface area contributed by atoms with Gasteiger partial charge in [-0.1, -0.05) is 30.3 Å². The standard InChI is InChI=1S/C16H17NO2/c1-16(2,12-6-4-3-5-7-12)15(19)17-13-8-10-14(18)11-9-13/h3-11,18H,1-2H3,(H,17,19). The maximum absolute atomic E-state index is 12.3. The topological polar surface area (TPSA) is 49.3 Å². The minimum Gasteiger partial charge on any atom is -0.508 e. The van der Waals surface area contributed by atoms with E-state index in [1.165, 1.54) is 0 Å². The van der Waals surface area contributed by atoms with Crippen molar-refractivity contribution >= 4 is 11.6 Å². The molecule has 2 aromatic carbocycles. The fraction of sp³-hybridized carbons (Fsp3) is 0.188. The highest BCUT2D eigenvalue weighted by Gasteiger charge is 2.29. The number of carbonyl (C=O) groups is 1. The number of anilines is 1. The lowest BCUT2D eigenvalue weighted by atomic mass is 9.83.